The molecule has 1 aliphatic rings. The highest BCUT2D eigenvalue weighted by Crippen LogP contribution is 2.21. The molecule has 0 radical (unpaired) electrons. The topological polar surface area (TPSA) is 459 Å². The Morgan fingerprint density at radius 3 is 1.91 bits per heavy atom. The van der Waals surface area contributed by atoms with Crippen molar-refractivity contribution in [1.82, 2.24) is 58.2 Å². The zero-order valence-corrected chi connectivity index (χ0v) is 43.4. The smallest absolute Gasteiger partial charge is 0.243 e. The van der Waals surface area contributed by atoms with E-state index in [2.05, 4.69) is 58.2 Å². The zero-order chi connectivity index (χ0) is 56.6. The molecule has 2 aromatic carbocycles. The van der Waals surface area contributed by atoms with Crippen molar-refractivity contribution in [2.75, 3.05) is 19.6 Å². The molecule has 0 spiro atoms. The molecular formula is C49H70ClN17O10. The summed E-state index contributed by atoms with van der Waals surface area (Å²) in [6.45, 7) is 1.34. The second kappa shape index (κ2) is 30.8. The third-order valence-corrected chi connectivity index (χ3v) is 12.7. The number of primary amides is 2. The molecule has 3 aromatic rings. The summed E-state index contributed by atoms with van der Waals surface area (Å²) in [5.74, 6) is -9.20. The van der Waals surface area contributed by atoms with Crippen molar-refractivity contribution in [3.63, 3.8) is 0 Å². The molecule has 4 rings (SSSR count). The lowest BCUT2D eigenvalue weighted by Gasteiger charge is -2.28. The summed E-state index contributed by atoms with van der Waals surface area (Å²) in [6.07, 6.45) is -0.174. The number of rotatable bonds is 19. The van der Waals surface area contributed by atoms with Gasteiger partial charge in [-0.2, -0.15) is 0 Å². The molecule has 0 unspecified atom stereocenters. The van der Waals surface area contributed by atoms with E-state index in [9.17, 15) is 47.9 Å². The number of benzene rings is 2. The molecule has 0 saturated carbocycles. The van der Waals surface area contributed by atoms with Crippen LogP contribution in [-0.4, -0.2) is 138 Å². The van der Waals surface area contributed by atoms with E-state index in [-0.39, 0.29) is 94.4 Å². The van der Waals surface area contributed by atoms with Crippen molar-refractivity contribution in [2.45, 2.75) is 126 Å². The van der Waals surface area contributed by atoms with Crippen molar-refractivity contribution in [3.05, 3.63) is 70.9 Å². The Hall–Kier alpha value is -8.49. The van der Waals surface area contributed by atoms with E-state index in [1.165, 1.54) is 6.92 Å². The molecular weight excluding hydrogens is 1020 g/mol. The van der Waals surface area contributed by atoms with Gasteiger partial charge in [0.05, 0.1) is 0 Å². The summed E-state index contributed by atoms with van der Waals surface area (Å²) in [5.41, 5.74) is 23.8. The fraction of sp³-hybridized carbons (Fsp3) is 0.469. The first-order valence-corrected chi connectivity index (χ1v) is 25.4. The van der Waals surface area contributed by atoms with Crippen LogP contribution in [0.1, 0.15) is 82.3 Å². The van der Waals surface area contributed by atoms with Gasteiger partial charge in [0, 0.05) is 74.4 Å². The number of aromatic nitrogens is 1. The van der Waals surface area contributed by atoms with Crippen molar-refractivity contribution in [3.8, 4) is 0 Å². The molecule has 27 nitrogen and oxygen atoms in total. The van der Waals surface area contributed by atoms with Crippen LogP contribution in [0.2, 0.25) is 5.02 Å². The fourth-order valence-corrected chi connectivity index (χ4v) is 8.52. The van der Waals surface area contributed by atoms with Crippen LogP contribution < -0.4 is 76.1 Å². The van der Waals surface area contributed by atoms with Gasteiger partial charge in [-0.3, -0.25) is 58.8 Å². The maximum Gasteiger partial charge on any atom is 0.243 e. The summed E-state index contributed by atoms with van der Waals surface area (Å²) in [7, 11) is 0. The van der Waals surface area contributed by atoms with Crippen molar-refractivity contribution < 1.29 is 47.9 Å². The fourth-order valence-electron chi connectivity index (χ4n) is 8.31. The number of nitrogens with one attached hydrogen (secondary N) is 13. The predicted octanol–water partition coefficient (Wildman–Crippen LogP) is -3.01. The molecule has 10 amide bonds. The SMILES string of the molecule is CC(=O)N[C@@H](CCCNC(=N)N)C(=O)N[C@H]1CCC(=O)NCCC[C@@H](C(N)=O)NC(=O)[C@H](Cc2c[nH]c3ccccc23)NC(=O)[C@H](CCCNC(=N)N)NC(=O)[C@@H](Cc2ccccc2Cl)NC(=O)[C@H](CCC(N)=O)NC1=O. The molecule has 1 aliphatic heterocycles. The number of guanidine groups is 2. The van der Waals surface area contributed by atoms with E-state index in [0.29, 0.717) is 11.1 Å². The highest BCUT2D eigenvalue weighted by Gasteiger charge is 2.35. The number of H-pyrrole nitrogens is 1. The van der Waals surface area contributed by atoms with Crippen LogP contribution in [0.3, 0.4) is 0 Å². The Labute approximate surface area is 448 Å². The molecule has 1 aromatic heterocycles. The molecule has 0 aliphatic carbocycles. The first-order valence-electron chi connectivity index (χ1n) is 25.0. The van der Waals surface area contributed by atoms with Crippen molar-refractivity contribution >= 4 is 93.5 Å². The molecule has 7 atom stereocenters. The number of hydrogen-bond acceptors (Lipinski definition) is 12. The van der Waals surface area contributed by atoms with Crippen LogP contribution in [0.25, 0.3) is 10.9 Å². The van der Waals surface area contributed by atoms with E-state index in [1.54, 1.807) is 42.6 Å². The quantitative estimate of drug-likeness (QED) is 0.0323. The van der Waals surface area contributed by atoms with Crippen LogP contribution in [-0.2, 0) is 60.8 Å². The van der Waals surface area contributed by atoms with Gasteiger partial charge in [-0.25, -0.2) is 0 Å². The minimum atomic E-state index is -1.63. The molecule has 2 heterocycles. The second-order valence-corrected chi connectivity index (χ2v) is 18.8. The van der Waals surface area contributed by atoms with E-state index in [1.807, 2.05) is 12.1 Å². The summed E-state index contributed by atoms with van der Waals surface area (Å²) in [4.78, 5) is 140. The van der Waals surface area contributed by atoms with Gasteiger partial charge in [-0.05, 0) is 74.6 Å². The van der Waals surface area contributed by atoms with E-state index < -0.39 is 121 Å². The minimum absolute atomic E-state index is 0.00830. The Kier molecular flexibility index (Phi) is 24.4. The number of carbonyl (C=O) groups excluding carboxylic acids is 10. The van der Waals surface area contributed by atoms with Crippen LogP contribution in [0.5, 0.6) is 0 Å². The standard InChI is InChI=1S/C49H70ClN17O10/c1-26(68)61-33(14-7-21-58-48(53)54)42(72)65-36-17-19-40(70)57-20-6-13-32(41(52)71)62-46(76)38(24-28-25-60-31-12-5-3-10-29(28)31)67-43(73)34(15-8-22-59-49(55)56)63-47(77)37(23-27-9-2-4-11-30(27)50)66-45(75)35(64-44(36)74)16-18-39(51)69/h2-5,9-12,25,32-38,60H,6-8,13-24H2,1H3,(H2,51,69)(H2,52,71)(H,57,70)(H,61,68)(H,62,76)(H,63,77)(H,64,74)(H,65,72)(H,66,75)(H,67,73)(H4,53,54,58)(H4,55,56,59)/t32-,33-,34-,35-,36-,37+,38-/m0/s1. The number of hydrogen-bond donors (Lipinski definition) is 17. The highest BCUT2D eigenvalue weighted by atomic mass is 35.5. The van der Waals surface area contributed by atoms with Crippen LogP contribution in [0.15, 0.2) is 54.7 Å². The lowest BCUT2D eigenvalue weighted by molar-refractivity contribution is -0.136. The Balaban J connectivity index is 1.80. The van der Waals surface area contributed by atoms with Crippen LogP contribution in [0, 0.1) is 10.8 Å². The second-order valence-electron chi connectivity index (χ2n) is 18.4. The van der Waals surface area contributed by atoms with E-state index >= 15 is 0 Å². The monoisotopic (exact) mass is 1090 g/mol. The molecule has 0 bridgehead atoms. The molecule has 21 N–H and O–H groups in total. The molecule has 1 fully saturated rings. The number of para-hydroxylation sites is 1. The van der Waals surface area contributed by atoms with Gasteiger partial charge < -0.3 is 81.1 Å². The van der Waals surface area contributed by atoms with Gasteiger partial charge in [-0.1, -0.05) is 48.0 Å². The van der Waals surface area contributed by atoms with Crippen LogP contribution in [0.4, 0.5) is 0 Å². The average Bonchev–Trinajstić information content (AvgIpc) is 3.79. The van der Waals surface area contributed by atoms with Crippen LogP contribution >= 0.6 is 11.6 Å². The van der Waals surface area contributed by atoms with Gasteiger partial charge in [-0.15, -0.1) is 0 Å². The van der Waals surface area contributed by atoms with Gasteiger partial charge >= 0.3 is 0 Å². The van der Waals surface area contributed by atoms with Gasteiger partial charge in [0.25, 0.3) is 0 Å². The number of nitrogens with two attached hydrogens (primary N) is 4. The zero-order valence-electron chi connectivity index (χ0n) is 42.6. The summed E-state index contributed by atoms with van der Waals surface area (Å²) < 4.78 is 0. The lowest BCUT2D eigenvalue weighted by Crippen LogP contribution is -2.60. The number of aromatic amines is 1. The first kappa shape index (κ1) is 61.1. The summed E-state index contributed by atoms with van der Waals surface area (Å²) >= 11 is 6.56. The maximum atomic E-state index is 14.7. The summed E-state index contributed by atoms with van der Waals surface area (Å²) in [6, 6.07) is 3.46. The molecule has 28 heteroatoms. The highest BCUT2D eigenvalue weighted by molar-refractivity contribution is 6.31. The number of fused-ring (bicyclic) bond motifs is 1. The largest absolute Gasteiger partial charge is 0.370 e. The predicted molar refractivity (Wildman–Crippen MR) is 284 cm³/mol. The lowest BCUT2D eigenvalue weighted by atomic mass is 10.0. The normalized spacial score (nSPS) is 20.8. The van der Waals surface area contributed by atoms with E-state index in [0.717, 1.165) is 10.9 Å². The molecule has 1 saturated heterocycles. The Morgan fingerprint density at radius 2 is 1.27 bits per heavy atom. The van der Waals surface area contributed by atoms with E-state index in [4.69, 9.17) is 45.4 Å². The van der Waals surface area contributed by atoms with Gasteiger partial charge in [0.15, 0.2) is 11.9 Å². The van der Waals surface area contributed by atoms with Gasteiger partial charge in [0.1, 0.15) is 42.3 Å². The first-order chi connectivity index (χ1) is 36.6. The van der Waals surface area contributed by atoms with Crippen molar-refractivity contribution in [2.24, 2.45) is 22.9 Å². The third kappa shape index (κ3) is 21.0. The Bertz CT molecular complexity index is 2630. The summed E-state index contributed by atoms with van der Waals surface area (Å²) in [5, 5.41) is 42.1. The average molecular weight is 1090 g/mol. The molecule has 77 heavy (non-hydrogen) atoms. The number of amides is 10. The number of carbonyl (C=O) groups is 10. The number of halogens is 1. The minimum Gasteiger partial charge on any atom is -0.370 e. The maximum absolute atomic E-state index is 14.7. The van der Waals surface area contributed by atoms with Gasteiger partial charge in [0.2, 0.25) is 59.1 Å². The Morgan fingerprint density at radius 1 is 0.701 bits per heavy atom. The molecule has 418 valence electrons. The third-order valence-electron chi connectivity index (χ3n) is 12.3. The van der Waals surface area contributed by atoms with Crippen molar-refractivity contribution in [1.29, 1.82) is 10.8 Å².